The lowest BCUT2D eigenvalue weighted by Crippen LogP contribution is -2.31. The van der Waals surface area contributed by atoms with E-state index in [-0.39, 0.29) is 10.8 Å². The van der Waals surface area contributed by atoms with Crippen LogP contribution in [0.1, 0.15) is 58.8 Å². The predicted molar refractivity (Wildman–Crippen MR) is 147 cm³/mol. The first-order valence-corrected chi connectivity index (χ1v) is 12.6. The minimum absolute atomic E-state index is 0.118. The molecule has 0 fully saturated rings. The van der Waals surface area contributed by atoms with Crippen LogP contribution >= 0.6 is 0 Å². The first kappa shape index (κ1) is 23.3. The Morgan fingerprint density at radius 3 is 2.17 bits per heavy atom. The van der Waals surface area contributed by atoms with Crippen molar-refractivity contribution in [2.45, 2.75) is 47.5 Å². The number of nitrogens with zero attached hydrogens (tertiary/aromatic N) is 3. The molecule has 35 heavy (non-hydrogen) atoms. The highest BCUT2D eigenvalue weighted by molar-refractivity contribution is 5.78. The molecule has 1 heterocycles. The minimum atomic E-state index is 0.118. The van der Waals surface area contributed by atoms with E-state index >= 15 is 0 Å². The molecule has 2 aliphatic carbocycles. The van der Waals surface area contributed by atoms with Crippen LogP contribution in [0.2, 0.25) is 0 Å². The summed E-state index contributed by atoms with van der Waals surface area (Å²) in [5.41, 5.74) is 6.08. The Hall–Kier alpha value is -3.46. The molecule has 3 heteroatoms. The van der Waals surface area contributed by atoms with E-state index in [0.717, 1.165) is 41.3 Å². The maximum absolute atomic E-state index is 4.70. The molecule has 0 bridgehead atoms. The van der Waals surface area contributed by atoms with E-state index < -0.39 is 0 Å². The Balaban J connectivity index is 1.54. The highest BCUT2D eigenvalue weighted by Gasteiger charge is 2.36. The molecule has 2 aromatic carbocycles. The number of hydrogen-bond donors (Lipinski definition) is 0. The van der Waals surface area contributed by atoms with Crippen LogP contribution in [0.25, 0.3) is 28.2 Å². The van der Waals surface area contributed by atoms with Crippen LogP contribution in [-0.2, 0) is 0 Å². The van der Waals surface area contributed by atoms with Gasteiger partial charge in [-0.2, -0.15) is 0 Å². The van der Waals surface area contributed by atoms with Crippen molar-refractivity contribution in [1.82, 2.24) is 14.8 Å². The molecule has 178 valence electrons. The lowest BCUT2D eigenvalue weighted by molar-refractivity contribution is 0.170. The summed E-state index contributed by atoms with van der Waals surface area (Å²) in [5, 5.41) is 9.38. The van der Waals surface area contributed by atoms with Crippen molar-refractivity contribution < 1.29 is 0 Å². The van der Waals surface area contributed by atoms with Crippen LogP contribution in [0.4, 0.5) is 0 Å². The lowest BCUT2D eigenvalue weighted by Gasteiger charge is -2.40. The first-order chi connectivity index (χ1) is 16.7. The average Bonchev–Trinajstić information content (AvgIpc) is 3.30. The largest absolute Gasteiger partial charge is 0.275 e. The van der Waals surface area contributed by atoms with Crippen molar-refractivity contribution in [1.29, 1.82) is 0 Å². The van der Waals surface area contributed by atoms with E-state index in [9.17, 15) is 0 Å². The molecule has 3 aromatic rings. The highest BCUT2D eigenvalue weighted by atomic mass is 15.3. The number of para-hydroxylation sites is 1. The summed E-state index contributed by atoms with van der Waals surface area (Å²) in [6, 6.07) is 19.1. The lowest BCUT2D eigenvalue weighted by atomic mass is 9.64. The number of allylic oxidation sites excluding steroid dienone is 8. The molecule has 2 atom stereocenters. The number of rotatable bonds is 4. The van der Waals surface area contributed by atoms with E-state index in [0.29, 0.717) is 5.92 Å². The van der Waals surface area contributed by atoms with Crippen LogP contribution in [0.5, 0.6) is 0 Å². The summed E-state index contributed by atoms with van der Waals surface area (Å²) < 4.78 is 2.19. The van der Waals surface area contributed by atoms with Gasteiger partial charge in [-0.1, -0.05) is 114 Å². The summed E-state index contributed by atoms with van der Waals surface area (Å²) in [5.74, 6) is 2.32. The standard InChI is InChI=1S/C32H35N3/c1-23-10-9-11-27(22-23)24-14-16-25(17-15-24)29-33-34-30(35(29)28-12-7-6-8-13-28)26-18-20-32(5,21-19-26)31(2,3)4/h6-9,11-20,22-23H,10,21H2,1-5H3. The van der Waals surface area contributed by atoms with Crippen molar-refractivity contribution in [3.05, 3.63) is 102 Å². The molecule has 1 aromatic heterocycles. The van der Waals surface area contributed by atoms with Crippen molar-refractivity contribution >= 4 is 11.1 Å². The Labute approximate surface area is 209 Å². The maximum atomic E-state index is 4.70. The molecular weight excluding hydrogens is 426 g/mol. The maximum Gasteiger partial charge on any atom is 0.168 e. The van der Waals surface area contributed by atoms with E-state index in [1.165, 1.54) is 11.1 Å². The highest BCUT2D eigenvalue weighted by Crippen LogP contribution is 2.46. The topological polar surface area (TPSA) is 30.7 Å². The Bertz CT molecular complexity index is 1330. The second-order valence-corrected chi connectivity index (χ2v) is 11.2. The molecule has 3 nitrogen and oxygen atoms in total. The molecular formula is C32H35N3. The van der Waals surface area contributed by atoms with Crippen LogP contribution in [-0.4, -0.2) is 14.8 Å². The molecule has 0 aliphatic heterocycles. The average molecular weight is 462 g/mol. The van der Waals surface area contributed by atoms with Gasteiger partial charge in [-0.05, 0) is 52.9 Å². The van der Waals surface area contributed by atoms with Crippen LogP contribution in [0, 0.1) is 16.7 Å². The van der Waals surface area contributed by atoms with Crippen LogP contribution < -0.4 is 0 Å². The third-order valence-electron chi connectivity index (χ3n) is 7.77. The molecule has 2 aliphatic rings. The summed E-state index contributed by atoms with van der Waals surface area (Å²) in [7, 11) is 0. The molecule has 5 rings (SSSR count). The van der Waals surface area contributed by atoms with E-state index in [1.807, 2.05) is 6.07 Å². The number of hydrogen-bond acceptors (Lipinski definition) is 2. The SMILES string of the molecule is CC1C=C(c2ccc(-c3nnc(C4=CCC(C)(C(C)(C)C)C=C4)n3-c3ccccc3)cc2)C=CC1. The normalized spacial score (nSPS) is 22.1. The van der Waals surface area contributed by atoms with Crippen molar-refractivity contribution in [2.24, 2.45) is 16.7 Å². The Kier molecular flexibility index (Phi) is 5.96. The van der Waals surface area contributed by atoms with Gasteiger partial charge in [0.15, 0.2) is 11.6 Å². The van der Waals surface area contributed by atoms with Crippen molar-refractivity contribution in [2.75, 3.05) is 0 Å². The van der Waals surface area contributed by atoms with Crippen molar-refractivity contribution in [3.8, 4) is 17.1 Å². The monoisotopic (exact) mass is 461 g/mol. The van der Waals surface area contributed by atoms with E-state index in [2.05, 4.69) is 129 Å². The first-order valence-electron chi connectivity index (χ1n) is 12.6. The zero-order chi connectivity index (χ0) is 24.6. The van der Waals surface area contributed by atoms with Gasteiger partial charge in [0.1, 0.15) is 0 Å². The van der Waals surface area contributed by atoms with Gasteiger partial charge in [-0.25, -0.2) is 0 Å². The molecule has 0 amide bonds. The van der Waals surface area contributed by atoms with E-state index in [4.69, 9.17) is 5.10 Å². The molecule has 0 radical (unpaired) electrons. The van der Waals surface area contributed by atoms with Crippen LogP contribution in [0.3, 0.4) is 0 Å². The van der Waals surface area contributed by atoms with Gasteiger partial charge in [-0.3, -0.25) is 4.57 Å². The third-order valence-corrected chi connectivity index (χ3v) is 7.77. The second kappa shape index (κ2) is 8.96. The molecule has 0 spiro atoms. The van der Waals surface area contributed by atoms with Crippen LogP contribution in [0.15, 0.2) is 91.1 Å². The van der Waals surface area contributed by atoms with Gasteiger partial charge in [0.2, 0.25) is 0 Å². The van der Waals surface area contributed by atoms with Gasteiger partial charge in [0.05, 0.1) is 0 Å². The fourth-order valence-electron chi connectivity index (χ4n) is 4.78. The zero-order valence-corrected chi connectivity index (χ0v) is 21.5. The van der Waals surface area contributed by atoms with Gasteiger partial charge in [-0.15, -0.1) is 10.2 Å². The predicted octanol–water partition coefficient (Wildman–Crippen LogP) is 8.31. The zero-order valence-electron chi connectivity index (χ0n) is 21.5. The summed E-state index contributed by atoms with van der Waals surface area (Å²) in [4.78, 5) is 0. The van der Waals surface area contributed by atoms with Gasteiger partial charge >= 0.3 is 0 Å². The number of benzene rings is 2. The van der Waals surface area contributed by atoms with Gasteiger partial charge < -0.3 is 0 Å². The summed E-state index contributed by atoms with van der Waals surface area (Å²) >= 11 is 0. The molecule has 0 saturated heterocycles. The molecule has 0 saturated carbocycles. The molecule has 2 unspecified atom stereocenters. The summed E-state index contributed by atoms with van der Waals surface area (Å²) in [6.07, 6.45) is 15.9. The Morgan fingerprint density at radius 1 is 0.857 bits per heavy atom. The quantitative estimate of drug-likeness (QED) is 0.391. The van der Waals surface area contributed by atoms with E-state index in [1.54, 1.807) is 0 Å². The Morgan fingerprint density at radius 2 is 1.54 bits per heavy atom. The third kappa shape index (κ3) is 4.48. The fraction of sp³-hybridized carbons (Fsp3) is 0.312. The number of aromatic nitrogens is 3. The minimum Gasteiger partial charge on any atom is -0.275 e. The van der Waals surface area contributed by atoms with Crippen molar-refractivity contribution in [3.63, 3.8) is 0 Å². The van der Waals surface area contributed by atoms with Gasteiger partial charge in [0, 0.05) is 16.8 Å². The smallest absolute Gasteiger partial charge is 0.168 e. The second-order valence-electron chi connectivity index (χ2n) is 11.2. The summed E-state index contributed by atoms with van der Waals surface area (Å²) in [6.45, 7) is 11.5. The van der Waals surface area contributed by atoms with Gasteiger partial charge in [0.25, 0.3) is 0 Å². The fourth-order valence-corrected chi connectivity index (χ4v) is 4.78. The molecule has 0 N–H and O–H groups in total.